The molecule has 0 aromatic heterocycles. The number of benzene rings is 1. The lowest BCUT2D eigenvalue weighted by Gasteiger charge is -2.33. The highest BCUT2D eigenvalue weighted by atomic mass is 35.5. The van der Waals surface area contributed by atoms with Crippen molar-refractivity contribution in [2.45, 2.75) is 63.1 Å². The van der Waals surface area contributed by atoms with Crippen LogP contribution in [0.25, 0.3) is 0 Å². The maximum absolute atomic E-state index is 13.8. The van der Waals surface area contributed by atoms with Gasteiger partial charge < -0.3 is 15.5 Å². The molecule has 154 valence electrons. The minimum Gasteiger partial charge on any atom is -0.353 e. The van der Waals surface area contributed by atoms with Crippen LogP contribution in [0.15, 0.2) is 24.3 Å². The number of piperidine rings is 2. The van der Waals surface area contributed by atoms with Crippen LogP contribution in [0.3, 0.4) is 0 Å². The quantitative estimate of drug-likeness (QED) is 0.803. The lowest BCUT2D eigenvalue weighted by atomic mass is 9.89. The Bertz CT molecular complexity index is 697. The monoisotopic (exact) mass is 409 g/mol. The normalized spacial score (nSPS) is 27.2. The van der Waals surface area contributed by atoms with Crippen LogP contribution in [0.2, 0.25) is 0 Å². The van der Waals surface area contributed by atoms with Crippen molar-refractivity contribution in [3.05, 3.63) is 35.6 Å². The molecule has 7 heteroatoms. The summed E-state index contributed by atoms with van der Waals surface area (Å²) in [5.41, 5.74) is 0.125. The van der Waals surface area contributed by atoms with Gasteiger partial charge in [0.15, 0.2) is 0 Å². The molecule has 2 atom stereocenters. The molecule has 3 saturated heterocycles. The lowest BCUT2D eigenvalue weighted by Crippen LogP contribution is -2.47. The third-order valence-electron chi connectivity index (χ3n) is 6.30. The van der Waals surface area contributed by atoms with E-state index < -0.39 is 5.82 Å². The van der Waals surface area contributed by atoms with Crippen molar-refractivity contribution in [2.24, 2.45) is 5.92 Å². The highest BCUT2D eigenvalue weighted by molar-refractivity contribution is 5.94. The van der Waals surface area contributed by atoms with Gasteiger partial charge in [-0.2, -0.15) is 0 Å². The van der Waals surface area contributed by atoms with E-state index in [0.29, 0.717) is 37.5 Å². The van der Waals surface area contributed by atoms with E-state index in [4.69, 9.17) is 0 Å². The SMILES string of the molecule is Cl.O=C(CC1CC2CCC(C1)N2)NC1CCN(C(=O)c2ccccc2F)CC1. The van der Waals surface area contributed by atoms with Gasteiger partial charge in [0.25, 0.3) is 5.91 Å². The molecule has 3 fully saturated rings. The minimum atomic E-state index is -0.478. The van der Waals surface area contributed by atoms with Crippen molar-refractivity contribution in [3.63, 3.8) is 0 Å². The van der Waals surface area contributed by atoms with Gasteiger partial charge >= 0.3 is 0 Å². The zero-order chi connectivity index (χ0) is 18.8. The molecule has 28 heavy (non-hydrogen) atoms. The van der Waals surface area contributed by atoms with E-state index in [2.05, 4.69) is 10.6 Å². The molecule has 1 aromatic carbocycles. The number of amides is 2. The van der Waals surface area contributed by atoms with Crippen molar-refractivity contribution in [1.29, 1.82) is 0 Å². The van der Waals surface area contributed by atoms with Crippen molar-refractivity contribution >= 4 is 24.2 Å². The molecule has 3 aliphatic rings. The predicted molar refractivity (Wildman–Crippen MR) is 108 cm³/mol. The van der Waals surface area contributed by atoms with E-state index in [1.165, 1.54) is 25.0 Å². The first-order valence-corrected chi connectivity index (χ1v) is 10.2. The molecular weight excluding hydrogens is 381 g/mol. The van der Waals surface area contributed by atoms with E-state index in [0.717, 1.165) is 25.7 Å². The molecule has 2 bridgehead atoms. The highest BCUT2D eigenvalue weighted by Gasteiger charge is 2.34. The Kier molecular flexibility index (Phi) is 6.94. The second kappa shape index (κ2) is 9.23. The first kappa shape index (κ1) is 21.1. The first-order valence-electron chi connectivity index (χ1n) is 10.2. The third-order valence-corrected chi connectivity index (χ3v) is 6.30. The summed E-state index contributed by atoms with van der Waals surface area (Å²) < 4.78 is 13.8. The Morgan fingerprint density at radius 1 is 1.07 bits per heavy atom. The van der Waals surface area contributed by atoms with Crippen LogP contribution >= 0.6 is 12.4 Å². The van der Waals surface area contributed by atoms with Gasteiger partial charge in [0.05, 0.1) is 5.56 Å². The largest absolute Gasteiger partial charge is 0.353 e. The first-order chi connectivity index (χ1) is 13.1. The Hall–Kier alpha value is -1.66. The predicted octanol–water partition coefficient (Wildman–Crippen LogP) is 2.89. The Morgan fingerprint density at radius 2 is 1.71 bits per heavy atom. The van der Waals surface area contributed by atoms with Crippen molar-refractivity contribution < 1.29 is 14.0 Å². The average Bonchev–Trinajstić information content (AvgIpc) is 3.00. The Balaban J connectivity index is 0.00000225. The maximum Gasteiger partial charge on any atom is 0.256 e. The molecular formula is C21H29ClFN3O2. The molecule has 3 aliphatic heterocycles. The summed E-state index contributed by atoms with van der Waals surface area (Å²) >= 11 is 0. The molecule has 0 aliphatic carbocycles. The summed E-state index contributed by atoms with van der Waals surface area (Å²) in [6, 6.07) is 7.42. The highest BCUT2D eigenvalue weighted by Crippen LogP contribution is 2.32. The number of hydrogen-bond donors (Lipinski definition) is 2. The van der Waals surface area contributed by atoms with Gasteiger partial charge in [-0.25, -0.2) is 4.39 Å². The van der Waals surface area contributed by atoms with Crippen LogP contribution in [-0.4, -0.2) is 47.9 Å². The maximum atomic E-state index is 13.8. The number of nitrogens with zero attached hydrogens (tertiary/aromatic N) is 1. The van der Waals surface area contributed by atoms with E-state index >= 15 is 0 Å². The summed E-state index contributed by atoms with van der Waals surface area (Å²) in [7, 11) is 0. The fraction of sp³-hybridized carbons (Fsp3) is 0.619. The summed E-state index contributed by atoms with van der Waals surface area (Å²) in [4.78, 5) is 26.6. The second-order valence-corrected chi connectivity index (χ2v) is 8.29. The molecule has 0 radical (unpaired) electrons. The molecule has 0 spiro atoms. The van der Waals surface area contributed by atoms with Gasteiger partial charge in [0, 0.05) is 37.6 Å². The fourth-order valence-corrected chi connectivity index (χ4v) is 4.92. The zero-order valence-electron chi connectivity index (χ0n) is 16.0. The van der Waals surface area contributed by atoms with Gasteiger partial charge in [-0.3, -0.25) is 9.59 Å². The summed E-state index contributed by atoms with van der Waals surface area (Å²) in [6.07, 6.45) is 6.78. The lowest BCUT2D eigenvalue weighted by molar-refractivity contribution is -0.123. The van der Waals surface area contributed by atoms with E-state index in [1.54, 1.807) is 17.0 Å². The number of likely N-dealkylation sites (tertiary alicyclic amines) is 1. The molecule has 2 N–H and O–H groups in total. The molecule has 5 nitrogen and oxygen atoms in total. The van der Waals surface area contributed by atoms with Gasteiger partial charge in [-0.1, -0.05) is 12.1 Å². The minimum absolute atomic E-state index is 0. The standard InChI is InChI=1S/C21H28FN3O2.ClH/c22-19-4-2-1-3-18(19)21(27)25-9-7-15(8-10-25)24-20(26)13-14-11-16-5-6-17(12-14)23-16;/h1-4,14-17,23H,5-13H2,(H,24,26);1H. The number of nitrogens with one attached hydrogen (secondary N) is 2. The van der Waals surface area contributed by atoms with Crippen LogP contribution in [-0.2, 0) is 4.79 Å². The molecule has 1 aromatic rings. The van der Waals surface area contributed by atoms with Gasteiger partial charge in [0.1, 0.15) is 5.82 Å². The van der Waals surface area contributed by atoms with Crippen molar-refractivity contribution in [2.75, 3.05) is 13.1 Å². The van der Waals surface area contributed by atoms with Crippen molar-refractivity contribution in [1.82, 2.24) is 15.5 Å². The summed E-state index contributed by atoms with van der Waals surface area (Å²) in [5.74, 6) is -0.108. The number of carbonyl (C=O) groups is 2. The van der Waals surface area contributed by atoms with E-state index in [-0.39, 0.29) is 35.8 Å². The Labute approximate surface area is 171 Å². The third kappa shape index (κ3) is 4.84. The zero-order valence-corrected chi connectivity index (χ0v) is 16.8. The number of fused-ring (bicyclic) bond motifs is 2. The van der Waals surface area contributed by atoms with Gasteiger partial charge in [-0.05, 0) is 56.6 Å². The van der Waals surface area contributed by atoms with E-state index in [1.807, 2.05) is 0 Å². The van der Waals surface area contributed by atoms with Crippen LogP contribution in [0, 0.1) is 11.7 Å². The number of halogens is 2. The van der Waals surface area contributed by atoms with Crippen molar-refractivity contribution in [3.8, 4) is 0 Å². The molecule has 0 saturated carbocycles. The molecule has 2 unspecified atom stereocenters. The van der Waals surface area contributed by atoms with Crippen LogP contribution in [0.4, 0.5) is 4.39 Å². The van der Waals surface area contributed by atoms with Crippen LogP contribution in [0.5, 0.6) is 0 Å². The molecule has 3 heterocycles. The number of rotatable bonds is 4. The van der Waals surface area contributed by atoms with Gasteiger partial charge in [-0.15, -0.1) is 12.4 Å². The number of hydrogen-bond acceptors (Lipinski definition) is 3. The van der Waals surface area contributed by atoms with E-state index in [9.17, 15) is 14.0 Å². The smallest absolute Gasteiger partial charge is 0.256 e. The molecule has 4 rings (SSSR count). The summed E-state index contributed by atoms with van der Waals surface area (Å²) in [5, 5.41) is 6.77. The molecule has 2 amide bonds. The number of carbonyl (C=O) groups excluding carboxylic acids is 2. The average molecular weight is 410 g/mol. The van der Waals surface area contributed by atoms with Crippen LogP contribution < -0.4 is 10.6 Å². The topological polar surface area (TPSA) is 61.4 Å². The van der Waals surface area contributed by atoms with Gasteiger partial charge in [0.2, 0.25) is 5.91 Å². The van der Waals surface area contributed by atoms with Crippen LogP contribution in [0.1, 0.15) is 55.3 Å². The Morgan fingerprint density at radius 3 is 2.36 bits per heavy atom. The second-order valence-electron chi connectivity index (χ2n) is 8.29. The fourth-order valence-electron chi connectivity index (χ4n) is 4.92. The summed E-state index contributed by atoms with van der Waals surface area (Å²) in [6.45, 7) is 1.10.